The number of benzene rings is 2. The molecular weight excluding hydrogens is 488 g/mol. The number of nitrogens with zero attached hydrogens (tertiary/aromatic N) is 4. The molecule has 0 atom stereocenters. The molecule has 0 unspecified atom stereocenters. The van der Waals surface area contributed by atoms with E-state index in [1.54, 1.807) is 18.0 Å². The predicted molar refractivity (Wildman–Crippen MR) is 149 cm³/mol. The van der Waals surface area contributed by atoms with Gasteiger partial charge >= 0.3 is 0 Å². The van der Waals surface area contributed by atoms with Crippen molar-refractivity contribution in [1.29, 1.82) is 0 Å². The van der Waals surface area contributed by atoms with E-state index in [-0.39, 0.29) is 5.91 Å². The first kappa shape index (κ1) is 26.7. The van der Waals surface area contributed by atoms with E-state index in [1.807, 2.05) is 54.9 Å². The first-order valence-corrected chi connectivity index (χ1v) is 13.8. The van der Waals surface area contributed by atoms with Crippen LogP contribution in [0.5, 0.6) is 5.75 Å². The first-order valence-electron chi connectivity index (χ1n) is 12.8. The van der Waals surface area contributed by atoms with E-state index in [9.17, 15) is 4.79 Å². The zero-order chi connectivity index (χ0) is 26.0. The molecule has 0 radical (unpaired) electrons. The Morgan fingerprint density at radius 1 is 1.03 bits per heavy atom. The van der Waals surface area contributed by atoms with Crippen molar-refractivity contribution in [3.63, 3.8) is 0 Å². The van der Waals surface area contributed by atoms with E-state index in [2.05, 4.69) is 22.7 Å². The number of thioether (sulfide) groups is 1. The van der Waals surface area contributed by atoms with Crippen LogP contribution >= 0.6 is 11.8 Å². The highest BCUT2D eigenvalue weighted by Crippen LogP contribution is 2.28. The van der Waals surface area contributed by atoms with Gasteiger partial charge in [-0.25, -0.2) is 14.6 Å². The van der Waals surface area contributed by atoms with E-state index in [1.165, 1.54) is 0 Å². The number of fused-ring (bicyclic) bond motifs is 2. The van der Waals surface area contributed by atoms with E-state index >= 15 is 0 Å². The molecular formula is C27H34N6O3S. The summed E-state index contributed by atoms with van der Waals surface area (Å²) in [6.45, 7) is 9.27. The predicted octanol–water partition coefficient (Wildman–Crippen LogP) is 4.76. The van der Waals surface area contributed by atoms with Gasteiger partial charge in [0.05, 0.1) is 36.9 Å². The Labute approximate surface area is 221 Å². The van der Waals surface area contributed by atoms with Crippen LogP contribution in [-0.4, -0.2) is 64.3 Å². The number of hydrogen-bond donors (Lipinski definition) is 2. The van der Waals surface area contributed by atoms with Crippen molar-refractivity contribution in [3.8, 4) is 5.75 Å². The molecule has 0 saturated carbocycles. The molecule has 9 nitrogen and oxygen atoms in total. The Hall–Kier alpha value is -3.37. The summed E-state index contributed by atoms with van der Waals surface area (Å²) in [6, 6.07) is 11.7. The molecule has 2 heterocycles. The number of carbonyl (C=O) groups excluding carboxylic acids is 1. The van der Waals surface area contributed by atoms with Crippen molar-refractivity contribution in [1.82, 2.24) is 25.1 Å². The van der Waals surface area contributed by atoms with E-state index in [0.29, 0.717) is 55.9 Å². The molecule has 2 N–H and O–H groups in total. The molecule has 4 rings (SSSR count). The molecule has 1 amide bonds. The largest absolute Gasteiger partial charge is 0.493 e. The fourth-order valence-corrected chi connectivity index (χ4v) is 4.70. The Bertz CT molecular complexity index is 1340. The molecule has 0 aliphatic rings. The quantitative estimate of drug-likeness (QED) is 0.139. The number of amides is 1. The maximum Gasteiger partial charge on any atom is 0.255 e. The molecule has 0 bridgehead atoms. The van der Waals surface area contributed by atoms with Crippen LogP contribution in [0.2, 0.25) is 0 Å². The summed E-state index contributed by atoms with van der Waals surface area (Å²) >= 11 is 1.62. The lowest BCUT2D eigenvalue weighted by molar-refractivity contribution is 0.0950. The summed E-state index contributed by atoms with van der Waals surface area (Å²) in [5.41, 5.74) is 1.29. The van der Waals surface area contributed by atoms with Crippen molar-refractivity contribution >= 4 is 45.3 Å². The van der Waals surface area contributed by atoms with Crippen LogP contribution in [0, 0.1) is 0 Å². The second kappa shape index (κ2) is 13.3. The summed E-state index contributed by atoms with van der Waals surface area (Å²) in [4.78, 5) is 22.7. The SMILES string of the molecule is CCCSc1nc(NCCOCC)c2cnn(CCNC(=O)c3c(OCC)ccc4ccccc34)c2n1. The van der Waals surface area contributed by atoms with Gasteiger partial charge in [0.25, 0.3) is 5.91 Å². The van der Waals surface area contributed by atoms with Gasteiger partial charge in [-0.1, -0.05) is 49.0 Å². The van der Waals surface area contributed by atoms with E-state index in [4.69, 9.17) is 19.4 Å². The number of rotatable bonds is 14. The minimum Gasteiger partial charge on any atom is -0.493 e. The number of nitrogens with one attached hydrogen (secondary N) is 2. The normalized spacial score (nSPS) is 11.2. The molecule has 2 aromatic heterocycles. The standard InChI is InChI=1S/C27H34N6O3S/c1-4-17-37-27-31-24(28-14-16-35-5-2)21-18-30-33(25(21)32-27)15-13-29-26(34)23-20-10-8-7-9-19(20)11-12-22(23)36-6-3/h7-12,18H,4-6,13-17H2,1-3H3,(H,29,34)(H,28,31,32). The third-order valence-electron chi connectivity index (χ3n) is 5.68. The Balaban J connectivity index is 1.52. The summed E-state index contributed by atoms with van der Waals surface area (Å²) in [7, 11) is 0. The molecule has 0 saturated heterocycles. The van der Waals surface area contributed by atoms with Gasteiger partial charge in [0.2, 0.25) is 0 Å². The smallest absolute Gasteiger partial charge is 0.255 e. The summed E-state index contributed by atoms with van der Waals surface area (Å²) in [5.74, 6) is 2.08. The fraction of sp³-hybridized carbons (Fsp3) is 0.407. The molecule has 4 aromatic rings. The van der Waals surface area contributed by atoms with Gasteiger partial charge in [0.1, 0.15) is 11.6 Å². The number of carbonyl (C=O) groups is 1. The Kier molecular flexibility index (Phi) is 9.56. The molecule has 37 heavy (non-hydrogen) atoms. The minimum absolute atomic E-state index is 0.177. The third kappa shape index (κ3) is 6.50. The average molecular weight is 523 g/mol. The molecule has 196 valence electrons. The second-order valence-corrected chi connectivity index (χ2v) is 9.34. The van der Waals surface area contributed by atoms with Gasteiger partial charge in [-0.05, 0) is 37.1 Å². The molecule has 2 aromatic carbocycles. The van der Waals surface area contributed by atoms with Crippen molar-refractivity contribution < 1.29 is 14.3 Å². The molecule has 0 fully saturated rings. The van der Waals surface area contributed by atoms with Crippen LogP contribution in [0.1, 0.15) is 37.6 Å². The highest BCUT2D eigenvalue weighted by Gasteiger charge is 2.17. The summed E-state index contributed by atoms with van der Waals surface area (Å²) in [6.07, 6.45) is 2.80. The monoisotopic (exact) mass is 522 g/mol. The third-order valence-corrected chi connectivity index (χ3v) is 6.73. The van der Waals surface area contributed by atoms with Crippen LogP contribution in [0.3, 0.4) is 0 Å². The first-order chi connectivity index (χ1) is 18.2. The van der Waals surface area contributed by atoms with Crippen LogP contribution in [0.4, 0.5) is 5.82 Å². The molecule has 10 heteroatoms. The molecule has 0 spiro atoms. The second-order valence-electron chi connectivity index (χ2n) is 8.28. The van der Waals surface area contributed by atoms with Crippen LogP contribution in [0.15, 0.2) is 47.8 Å². The van der Waals surface area contributed by atoms with Crippen LogP contribution in [-0.2, 0) is 11.3 Å². The average Bonchev–Trinajstić information content (AvgIpc) is 3.32. The van der Waals surface area contributed by atoms with Gasteiger partial charge in [-0.15, -0.1) is 0 Å². The van der Waals surface area contributed by atoms with Crippen molar-refractivity contribution in [2.45, 2.75) is 38.9 Å². The zero-order valence-corrected chi connectivity index (χ0v) is 22.4. The van der Waals surface area contributed by atoms with Gasteiger partial charge in [-0.3, -0.25) is 4.79 Å². The Morgan fingerprint density at radius 2 is 1.89 bits per heavy atom. The number of anilines is 1. The lowest BCUT2D eigenvalue weighted by Gasteiger charge is -2.14. The number of aromatic nitrogens is 4. The maximum absolute atomic E-state index is 13.3. The summed E-state index contributed by atoms with van der Waals surface area (Å²) < 4.78 is 13.0. The van der Waals surface area contributed by atoms with Crippen molar-refractivity contribution in [3.05, 3.63) is 48.2 Å². The van der Waals surface area contributed by atoms with E-state index < -0.39 is 0 Å². The maximum atomic E-state index is 13.3. The topological polar surface area (TPSA) is 103 Å². The minimum atomic E-state index is -0.177. The highest BCUT2D eigenvalue weighted by molar-refractivity contribution is 7.99. The Morgan fingerprint density at radius 3 is 2.70 bits per heavy atom. The van der Waals surface area contributed by atoms with E-state index in [0.717, 1.165) is 39.8 Å². The lowest BCUT2D eigenvalue weighted by Crippen LogP contribution is -2.28. The van der Waals surface area contributed by atoms with Gasteiger partial charge in [-0.2, -0.15) is 5.10 Å². The van der Waals surface area contributed by atoms with Gasteiger partial charge in [0, 0.05) is 25.4 Å². The molecule has 0 aliphatic heterocycles. The number of hydrogen-bond acceptors (Lipinski definition) is 8. The van der Waals surface area contributed by atoms with Crippen LogP contribution < -0.4 is 15.4 Å². The van der Waals surface area contributed by atoms with Crippen molar-refractivity contribution in [2.75, 3.05) is 44.0 Å². The number of ether oxygens (including phenoxy) is 2. The lowest BCUT2D eigenvalue weighted by atomic mass is 10.0. The van der Waals surface area contributed by atoms with Gasteiger partial charge < -0.3 is 20.1 Å². The van der Waals surface area contributed by atoms with Crippen molar-refractivity contribution in [2.24, 2.45) is 0 Å². The molecule has 0 aliphatic carbocycles. The highest BCUT2D eigenvalue weighted by atomic mass is 32.2. The zero-order valence-electron chi connectivity index (χ0n) is 21.6. The fourth-order valence-electron chi connectivity index (χ4n) is 4.00. The van der Waals surface area contributed by atoms with Gasteiger partial charge in [0.15, 0.2) is 10.8 Å². The summed E-state index contributed by atoms with van der Waals surface area (Å²) in [5, 5.41) is 14.4. The van der Waals surface area contributed by atoms with Crippen LogP contribution in [0.25, 0.3) is 21.8 Å².